The summed E-state index contributed by atoms with van der Waals surface area (Å²) in [7, 11) is 1.99. The Bertz CT molecular complexity index is 281. The van der Waals surface area contributed by atoms with Crippen molar-refractivity contribution in [1.29, 1.82) is 5.26 Å². The molecular weight excluding hydrogens is 192 g/mol. The van der Waals surface area contributed by atoms with E-state index in [9.17, 15) is 10.4 Å². The Morgan fingerprint density at radius 2 is 2.33 bits per heavy atom. The van der Waals surface area contributed by atoms with Crippen LogP contribution in [0.1, 0.15) is 19.8 Å². The van der Waals surface area contributed by atoms with E-state index in [4.69, 9.17) is 4.74 Å². The molecule has 0 aromatic rings. The van der Waals surface area contributed by atoms with Gasteiger partial charge in [0.05, 0.1) is 18.3 Å². The van der Waals surface area contributed by atoms with E-state index in [-0.39, 0.29) is 0 Å². The number of β-amino-alcohol motifs (C(OH)–C–C–N with tert-alkyl or cyclic N) is 1. The van der Waals surface area contributed by atoms with Gasteiger partial charge >= 0.3 is 0 Å². The predicted molar refractivity (Wildman–Crippen MR) is 55.1 cm³/mol. The molecular formula is C11H18N2O2. The molecule has 0 bridgehead atoms. The zero-order valence-corrected chi connectivity index (χ0v) is 9.36. The van der Waals surface area contributed by atoms with Crippen LogP contribution in [0.5, 0.6) is 0 Å². The molecule has 0 spiro atoms. The van der Waals surface area contributed by atoms with E-state index in [2.05, 4.69) is 17.9 Å². The van der Waals surface area contributed by atoms with E-state index in [1.807, 2.05) is 7.05 Å². The van der Waals surface area contributed by atoms with Gasteiger partial charge in [0.15, 0.2) is 0 Å². The zero-order valence-electron chi connectivity index (χ0n) is 9.36. The van der Waals surface area contributed by atoms with Crippen molar-refractivity contribution < 1.29 is 9.84 Å². The number of aliphatic hydroxyl groups is 1. The summed E-state index contributed by atoms with van der Waals surface area (Å²) in [5, 5.41) is 19.9. The lowest BCUT2D eigenvalue weighted by Crippen LogP contribution is -2.49. The van der Waals surface area contributed by atoms with Gasteiger partial charge in [-0.2, -0.15) is 5.26 Å². The average Bonchev–Trinajstić information content (AvgIpc) is 2.74. The molecule has 3 unspecified atom stereocenters. The minimum Gasteiger partial charge on any atom is -0.387 e. The molecule has 0 amide bonds. The lowest BCUT2D eigenvalue weighted by atomic mass is 9.71. The lowest BCUT2D eigenvalue weighted by molar-refractivity contribution is -0.0476. The Labute approximate surface area is 90.4 Å². The van der Waals surface area contributed by atoms with E-state index >= 15 is 0 Å². The van der Waals surface area contributed by atoms with Gasteiger partial charge in [-0.3, -0.25) is 0 Å². The van der Waals surface area contributed by atoms with Gasteiger partial charge in [0.2, 0.25) is 0 Å². The molecule has 2 aliphatic rings. The topological polar surface area (TPSA) is 56.5 Å². The Kier molecular flexibility index (Phi) is 2.50. The van der Waals surface area contributed by atoms with Crippen LogP contribution >= 0.6 is 0 Å². The average molecular weight is 210 g/mol. The molecule has 0 saturated carbocycles. The summed E-state index contributed by atoms with van der Waals surface area (Å²) in [6.45, 7) is 3.62. The first-order valence-corrected chi connectivity index (χ1v) is 5.45. The highest BCUT2D eigenvalue weighted by atomic mass is 16.5. The number of hydrogen-bond acceptors (Lipinski definition) is 4. The maximum Gasteiger partial charge on any atom is 0.113 e. The first-order valence-electron chi connectivity index (χ1n) is 5.45. The van der Waals surface area contributed by atoms with E-state index in [0.29, 0.717) is 38.6 Å². The minimum absolute atomic E-state index is 0.334. The van der Waals surface area contributed by atoms with Crippen molar-refractivity contribution >= 4 is 0 Å². The molecule has 1 N–H and O–H groups in total. The van der Waals surface area contributed by atoms with Crippen molar-refractivity contribution in [3.63, 3.8) is 0 Å². The number of likely N-dealkylation sites (N-methyl/N-ethyl adjacent to an activating group) is 1. The number of ether oxygens (including phenoxy) is 1. The van der Waals surface area contributed by atoms with Crippen LogP contribution in [0.15, 0.2) is 0 Å². The van der Waals surface area contributed by atoms with Crippen molar-refractivity contribution in [2.75, 3.05) is 26.8 Å². The smallest absolute Gasteiger partial charge is 0.113 e. The number of nitrogens with zero attached hydrogens (tertiary/aromatic N) is 2. The second-order valence-corrected chi connectivity index (χ2v) is 5.00. The standard InChI is InChI=1S/C11H18N2O2/c1-9-5-11(14,7-13(9)2)10(6-12)3-4-15-8-10/h9,14H,3-5,7-8H2,1-2H3. The van der Waals surface area contributed by atoms with Crippen molar-refractivity contribution in [1.82, 2.24) is 4.90 Å². The SMILES string of the molecule is CC1CC(O)(C2(C#N)CCOC2)CN1C. The van der Waals surface area contributed by atoms with Gasteiger partial charge < -0.3 is 14.7 Å². The maximum absolute atomic E-state index is 10.6. The first kappa shape index (κ1) is 10.9. The molecule has 4 heteroatoms. The van der Waals surface area contributed by atoms with Crippen LogP contribution in [-0.2, 0) is 4.74 Å². The molecule has 0 radical (unpaired) electrons. The molecule has 2 aliphatic heterocycles. The van der Waals surface area contributed by atoms with Gasteiger partial charge in [0.25, 0.3) is 0 Å². The summed E-state index contributed by atoms with van der Waals surface area (Å²) >= 11 is 0. The number of nitriles is 1. The zero-order chi connectivity index (χ0) is 11.1. The maximum atomic E-state index is 10.6. The molecule has 0 aliphatic carbocycles. The van der Waals surface area contributed by atoms with Crippen LogP contribution in [0.4, 0.5) is 0 Å². The molecule has 3 atom stereocenters. The second kappa shape index (κ2) is 3.44. The molecule has 15 heavy (non-hydrogen) atoms. The minimum atomic E-state index is -0.896. The molecule has 84 valence electrons. The number of hydrogen-bond donors (Lipinski definition) is 1. The van der Waals surface area contributed by atoms with Crippen LogP contribution in [0.3, 0.4) is 0 Å². The second-order valence-electron chi connectivity index (χ2n) is 5.00. The van der Waals surface area contributed by atoms with Gasteiger partial charge in [0, 0.05) is 19.2 Å². The fourth-order valence-electron chi connectivity index (χ4n) is 2.75. The van der Waals surface area contributed by atoms with E-state index in [1.54, 1.807) is 0 Å². The summed E-state index contributed by atoms with van der Waals surface area (Å²) in [5.74, 6) is 0. The van der Waals surface area contributed by atoms with Crippen molar-refractivity contribution in [2.45, 2.75) is 31.4 Å². The lowest BCUT2D eigenvalue weighted by Gasteiger charge is -2.35. The van der Waals surface area contributed by atoms with Crippen molar-refractivity contribution in [3.05, 3.63) is 0 Å². The summed E-state index contributed by atoms with van der Waals surface area (Å²) in [6, 6.07) is 2.63. The Balaban J connectivity index is 2.26. The Hall–Kier alpha value is -0.630. The van der Waals surface area contributed by atoms with Gasteiger partial charge in [0.1, 0.15) is 5.41 Å². The van der Waals surface area contributed by atoms with E-state index < -0.39 is 11.0 Å². The molecule has 2 rings (SSSR count). The van der Waals surface area contributed by atoms with Crippen LogP contribution in [0, 0.1) is 16.7 Å². The summed E-state index contributed by atoms with van der Waals surface area (Å²) in [6.07, 6.45) is 1.32. The Morgan fingerprint density at radius 3 is 2.73 bits per heavy atom. The van der Waals surface area contributed by atoms with Crippen LogP contribution in [-0.4, -0.2) is 48.5 Å². The molecule has 4 nitrogen and oxygen atoms in total. The molecule has 2 heterocycles. The monoisotopic (exact) mass is 210 g/mol. The quantitative estimate of drug-likeness (QED) is 0.679. The van der Waals surface area contributed by atoms with Gasteiger partial charge in [-0.25, -0.2) is 0 Å². The highest BCUT2D eigenvalue weighted by molar-refractivity contribution is 5.17. The fourth-order valence-corrected chi connectivity index (χ4v) is 2.75. The van der Waals surface area contributed by atoms with Crippen molar-refractivity contribution in [3.8, 4) is 6.07 Å². The third kappa shape index (κ3) is 1.46. The summed E-state index contributed by atoms with van der Waals surface area (Å²) < 4.78 is 5.30. The van der Waals surface area contributed by atoms with Gasteiger partial charge in [-0.05, 0) is 26.8 Å². The highest BCUT2D eigenvalue weighted by Gasteiger charge is 2.57. The normalized spacial score (nSPS) is 46.9. The molecule has 2 saturated heterocycles. The number of rotatable bonds is 1. The van der Waals surface area contributed by atoms with Crippen LogP contribution < -0.4 is 0 Å². The largest absolute Gasteiger partial charge is 0.387 e. The third-order valence-corrected chi connectivity index (χ3v) is 4.02. The fraction of sp³-hybridized carbons (Fsp3) is 0.909. The summed E-state index contributed by atoms with van der Waals surface area (Å²) in [5.41, 5.74) is -1.58. The Morgan fingerprint density at radius 1 is 1.60 bits per heavy atom. The van der Waals surface area contributed by atoms with Gasteiger partial charge in [-0.1, -0.05) is 0 Å². The molecule has 2 fully saturated rings. The summed E-state index contributed by atoms with van der Waals surface area (Å²) in [4.78, 5) is 2.11. The molecule has 0 aromatic carbocycles. The number of likely N-dealkylation sites (tertiary alicyclic amines) is 1. The first-order chi connectivity index (χ1) is 7.03. The third-order valence-electron chi connectivity index (χ3n) is 4.02. The predicted octanol–water partition coefficient (Wildman–Crippen LogP) is 0.372. The molecule has 0 aromatic heterocycles. The van der Waals surface area contributed by atoms with Crippen molar-refractivity contribution in [2.24, 2.45) is 5.41 Å². The van der Waals surface area contributed by atoms with E-state index in [0.717, 1.165) is 0 Å². The van der Waals surface area contributed by atoms with Crippen LogP contribution in [0.25, 0.3) is 0 Å². The van der Waals surface area contributed by atoms with E-state index in [1.165, 1.54) is 0 Å². The highest BCUT2D eigenvalue weighted by Crippen LogP contribution is 2.45. The van der Waals surface area contributed by atoms with Gasteiger partial charge in [-0.15, -0.1) is 0 Å². The van der Waals surface area contributed by atoms with Crippen LogP contribution in [0.2, 0.25) is 0 Å².